The molecule has 2 amide bonds. The van der Waals surface area contributed by atoms with Crippen LogP contribution in [0.2, 0.25) is 0 Å². The Morgan fingerprint density at radius 2 is 1.74 bits per heavy atom. The van der Waals surface area contributed by atoms with E-state index < -0.39 is 0 Å². The summed E-state index contributed by atoms with van der Waals surface area (Å²) in [6.07, 6.45) is 13.5. The topological polar surface area (TPSA) is 148 Å². The van der Waals surface area contributed by atoms with Crippen LogP contribution in [0.3, 0.4) is 0 Å². The van der Waals surface area contributed by atoms with E-state index in [1.165, 1.54) is 0 Å². The standard InChI is InChI=1S/C35H40N10O2/c1-43-22-26(21-40-43)24-7-14-32(37-19-24)45(35(47)39-18-23-5-3-2-4-6-23)28-10-8-27(9-11-28)41-34-38-20-25(17-36)33(42-34)44-29-12-13-30(44)16-31(46)15-29/h2-7,14,19-22,27-31,46H,8-13,15-16,18H2,1H3,(H,39,47)(H,38,41,42)/t27-,28-,29?,30?,31?. The summed E-state index contributed by atoms with van der Waals surface area (Å²) in [5.41, 5.74) is 3.41. The molecule has 12 nitrogen and oxygen atoms in total. The first-order valence-corrected chi connectivity index (χ1v) is 16.5. The van der Waals surface area contributed by atoms with E-state index in [0.29, 0.717) is 42.5 Å². The third kappa shape index (κ3) is 6.62. The minimum absolute atomic E-state index is 0.0339. The first-order chi connectivity index (χ1) is 22.9. The number of amides is 2. The van der Waals surface area contributed by atoms with E-state index in [-0.39, 0.29) is 36.3 Å². The summed E-state index contributed by atoms with van der Waals surface area (Å²) in [7, 11) is 1.88. The number of rotatable bonds is 8. The molecule has 4 aromatic rings. The molecule has 2 bridgehead atoms. The van der Waals surface area contributed by atoms with Crippen molar-refractivity contribution in [3.8, 4) is 17.2 Å². The molecule has 3 fully saturated rings. The molecular weight excluding hydrogens is 592 g/mol. The Hall–Kier alpha value is -5.02. The van der Waals surface area contributed by atoms with Crippen molar-refractivity contribution in [1.82, 2.24) is 30.0 Å². The highest BCUT2D eigenvalue weighted by molar-refractivity contribution is 5.91. The van der Waals surface area contributed by atoms with E-state index in [0.717, 1.165) is 55.2 Å². The monoisotopic (exact) mass is 632 g/mol. The number of aromatic nitrogens is 5. The Morgan fingerprint density at radius 1 is 0.979 bits per heavy atom. The van der Waals surface area contributed by atoms with Crippen LogP contribution >= 0.6 is 0 Å². The lowest BCUT2D eigenvalue weighted by atomic mass is 9.90. The molecule has 0 spiro atoms. The first kappa shape index (κ1) is 30.6. The highest BCUT2D eigenvalue weighted by Gasteiger charge is 2.42. The fraction of sp³-hybridized carbons (Fsp3) is 0.429. The maximum atomic E-state index is 13.8. The highest BCUT2D eigenvalue weighted by Crippen LogP contribution is 2.40. The number of hydrogen-bond acceptors (Lipinski definition) is 9. The number of hydrogen-bond donors (Lipinski definition) is 3. The van der Waals surface area contributed by atoms with Crippen LogP contribution in [0.4, 0.5) is 22.4 Å². The molecule has 1 saturated carbocycles. The smallest absolute Gasteiger partial charge is 0.323 e. The molecule has 7 rings (SSSR count). The van der Waals surface area contributed by atoms with Gasteiger partial charge >= 0.3 is 6.03 Å². The minimum Gasteiger partial charge on any atom is -0.393 e. The molecule has 242 valence electrons. The van der Waals surface area contributed by atoms with Crippen LogP contribution in [0.1, 0.15) is 62.5 Å². The fourth-order valence-electron chi connectivity index (χ4n) is 7.46. The van der Waals surface area contributed by atoms with Crippen LogP contribution in [0.15, 0.2) is 67.3 Å². The van der Waals surface area contributed by atoms with E-state index in [1.807, 2.05) is 60.6 Å². The predicted octanol–water partition coefficient (Wildman–Crippen LogP) is 4.78. The quantitative estimate of drug-likeness (QED) is 0.250. The van der Waals surface area contributed by atoms with Gasteiger partial charge in [-0.25, -0.2) is 14.8 Å². The second-order valence-corrected chi connectivity index (χ2v) is 12.9. The number of benzene rings is 1. The van der Waals surface area contributed by atoms with Gasteiger partial charge < -0.3 is 20.6 Å². The summed E-state index contributed by atoms with van der Waals surface area (Å²) < 4.78 is 1.76. The molecule has 2 saturated heterocycles. The average Bonchev–Trinajstić information content (AvgIpc) is 3.65. The molecule has 2 unspecified atom stereocenters. The zero-order chi connectivity index (χ0) is 32.3. The molecular formula is C35H40N10O2. The van der Waals surface area contributed by atoms with Crippen molar-refractivity contribution in [2.75, 3.05) is 15.1 Å². The largest absolute Gasteiger partial charge is 0.393 e. The van der Waals surface area contributed by atoms with Gasteiger partial charge in [0.1, 0.15) is 17.5 Å². The first-order valence-electron chi connectivity index (χ1n) is 16.5. The number of aliphatic hydroxyl groups is 1. The number of piperidine rings is 1. The van der Waals surface area contributed by atoms with Crippen molar-refractivity contribution < 1.29 is 9.90 Å². The molecule has 3 N–H and O–H groups in total. The lowest BCUT2D eigenvalue weighted by Crippen LogP contribution is -2.49. The van der Waals surface area contributed by atoms with Crippen LogP contribution in [-0.2, 0) is 13.6 Å². The number of nitrogens with zero attached hydrogens (tertiary/aromatic N) is 8. The van der Waals surface area contributed by atoms with E-state index in [1.54, 1.807) is 23.3 Å². The Balaban J connectivity index is 1.05. The predicted molar refractivity (Wildman–Crippen MR) is 179 cm³/mol. The maximum absolute atomic E-state index is 13.8. The third-order valence-electron chi connectivity index (χ3n) is 9.78. The number of carbonyl (C=O) groups is 1. The average molecular weight is 633 g/mol. The van der Waals surface area contributed by atoms with Gasteiger partial charge in [-0.05, 0) is 69.1 Å². The Bertz CT molecular complexity index is 1720. The Kier molecular flexibility index (Phi) is 8.72. The van der Waals surface area contributed by atoms with Gasteiger partial charge in [0.2, 0.25) is 5.95 Å². The lowest BCUT2D eigenvalue weighted by molar-refractivity contribution is 0.126. The second kappa shape index (κ2) is 13.4. The summed E-state index contributed by atoms with van der Waals surface area (Å²) >= 11 is 0. The van der Waals surface area contributed by atoms with E-state index in [9.17, 15) is 15.2 Å². The highest BCUT2D eigenvalue weighted by atomic mass is 16.3. The number of urea groups is 1. The van der Waals surface area contributed by atoms with Crippen molar-refractivity contribution in [1.29, 1.82) is 5.26 Å². The number of aryl methyl sites for hydroxylation is 1. The summed E-state index contributed by atoms with van der Waals surface area (Å²) in [5.74, 6) is 1.79. The molecule has 1 aromatic carbocycles. The molecule has 5 heterocycles. The zero-order valence-corrected chi connectivity index (χ0v) is 26.5. The normalized spacial score (nSPS) is 23.6. The maximum Gasteiger partial charge on any atom is 0.323 e. The van der Waals surface area contributed by atoms with Crippen molar-refractivity contribution >= 4 is 23.6 Å². The molecule has 2 aliphatic heterocycles. The third-order valence-corrected chi connectivity index (χ3v) is 9.78. The van der Waals surface area contributed by atoms with E-state index >= 15 is 0 Å². The van der Waals surface area contributed by atoms with Crippen LogP contribution in [0.5, 0.6) is 0 Å². The molecule has 3 aromatic heterocycles. The van der Waals surface area contributed by atoms with Crippen LogP contribution in [0.25, 0.3) is 11.1 Å². The van der Waals surface area contributed by atoms with Gasteiger partial charge in [0, 0.05) is 61.3 Å². The Morgan fingerprint density at radius 3 is 2.40 bits per heavy atom. The van der Waals surface area contributed by atoms with Crippen molar-refractivity contribution in [3.63, 3.8) is 0 Å². The number of fused-ring (bicyclic) bond motifs is 2. The van der Waals surface area contributed by atoms with Crippen molar-refractivity contribution in [2.45, 2.75) is 88.2 Å². The summed E-state index contributed by atoms with van der Waals surface area (Å²) in [4.78, 5) is 31.9. The molecule has 0 radical (unpaired) electrons. The molecule has 3 aliphatic rings. The zero-order valence-electron chi connectivity index (χ0n) is 26.5. The van der Waals surface area contributed by atoms with Gasteiger partial charge in [-0.1, -0.05) is 30.3 Å². The number of anilines is 3. The second-order valence-electron chi connectivity index (χ2n) is 12.9. The van der Waals surface area contributed by atoms with Crippen molar-refractivity contribution in [3.05, 3.63) is 78.4 Å². The number of nitrogens with one attached hydrogen (secondary N) is 2. The number of carbonyl (C=O) groups excluding carboxylic acids is 1. The van der Waals surface area contributed by atoms with Gasteiger partial charge in [-0.2, -0.15) is 15.3 Å². The minimum atomic E-state index is -0.293. The number of nitriles is 1. The SMILES string of the molecule is Cn1cc(-c2ccc(N(C(=O)NCc3ccccc3)[C@H]3CC[C@H](Nc4ncc(C#N)c(N5C6CCC5CC(O)C6)n4)CC3)nc2)cn1. The number of pyridine rings is 1. The molecule has 2 atom stereocenters. The van der Waals surface area contributed by atoms with Crippen LogP contribution in [-0.4, -0.2) is 66.1 Å². The lowest BCUT2D eigenvalue weighted by Gasteiger charge is -2.38. The van der Waals surface area contributed by atoms with Crippen molar-refractivity contribution in [2.24, 2.45) is 7.05 Å². The fourth-order valence-corrected chi connectivity index (χ4v) is 7.46. The van der Waals surface area contributed by atoms with E-state index in [2.05, 4.69) is 31.7 Å². The van der Waals surface area contributed by atoms with Gasteiger partial charge in [0.25, 0.3) is 0 Å². The Labute approximate surface area is 274 Å². The number of aliphatic hydroxyl groups excluding tert-OH is 1. The molecule has 47 heavy (non-hydrogen) atoms. The summed E-state index contributed by atoms with van der Waals surface area (Å²) in [5, 5.41) is 31.0. The molecule has 12 heteroatoms. The van der Waals surface area contributed by atoms with E-state index in [4.69, 9.17) is 9.97 Å². The van der Waals surface area contributed by atoms with Gasteiger partial charge in [-0.3, -0.25) is 9.58 Å². The summed E-state index contributed by atoms with van der Waals surface area (Å²) in [6, 6.07) is 16.4. The van der Waals surface area contributed by atoms with Gasteiger partial charge in [0.05, 0.1) is 18.5 Å². The van der Waals surface area contributed by atoms with Gasteiger partial charge in [-0.15, -0.1) is 0 Å². The summed E-state index contributed by atoms with van der Waals surface area (Å²) in [6.45, 7) is 0.427. The van der Waals surface area contributed by atoms with Crippen LogP contribution in [0, 0.1) is 11.3 Å². The van der Waals surface area contributed by atoms with Crippen LogP contribution < -0.4 is 20.4 Å². The van der Waals surface area contributed by atoms with Gasteiger partial charge in [0.15, 0.2) is 5.82 Å². The molecule has 1 aliphatic carbocycles.